The summed E-state index contributed by atoms with van der Waals surface area (Å²) in [6, 6.07) is 4.31. The number of halogens is 1. The van der Waals surface area contributed by atoms with Gasteiger partial charge < -0.3 is 15.5 Å². The number of benzene rings is 1. The van der Waals surface area contributed by atoms with Crippen molar-refractivity contribution in [1.82, 2.24) is 10.2 Å². The molecule has 1 aromatic rings. The number of carboxylic acid groups (broad SMARTS) is 1. The molecular formula is C13H17BrN2O3. The third-order valence-corrected chi connectivity index (χ3v) is 4.04. The van der Waals surface area contributed by atoms with Gasteiger partial charge in [0.05, 0.1) is 4.47 Å². The second-order valence-electron chi connectivity index (χ2n) is 4.74. The Morgan fingerprint density at radius 1 is 1.58 bits per heavy atom. The number of nitrogens with zero attached hydrogens (tertiary/aromatic N) is 1. The number of hydrogen-bond donors (Lipinski definition) is 3. The number of phenols is 1. The number of carboxylic acids is 1. The number of phenolic OH excluding ortho intramolecular Hbond substituents is 1. The van der Waals surface area contributed by atoms with Gasteiger partial charge in [-0.2, -0.15) is 0 Å². The van der Waals surface area contributed by atoms with Crippen LogP contribution in [0.5, 0.6) is 5.75 Å². The first kappa shape index (κ1) is 14.3. The summed E-state index contributed by atoms with van der Waals surface area (Å²) in [5.74, 6) is -0.757. The summed E-state index contributed by atoms with van der Waals surface area (Å²) in [7, 11) is 0. The van der Waals surface area contributed by atoms with E-state index in [2.05, 4.69) is 21.2 Å². The Hall–Kier alpha value is -1.11. The lowest BCUT2D eigenvalue weighted by molar-refractivity contribution is -0.145. The molecule has 3 N–H and O–H groups in total. The first-order valence-corrected chi connectivity index (χ1v) is 6.97. The fourth-order valence-electron chi connectivity index (χ4n) is 2.41. The third-order valence-electron chi connectivity index (χ3n) is 3.41. The topological polar surface area (TPSA) is 72.8 Å². The first-order chi connectivity index (χ1) is 9.00. The smallest absolute Gasteiger partial charge is 0.325 e. The summed E-state index contributed by atoms with van der Waals surface area (Å²) in [6.07, 6.45) is 0. The second-order valence-corrected chi connectivity index (χ2v) is 5.60. The Balaban J connectivity index is 2.33. The van der Waals surface area contributed by atoms with Gasteiger partial charge in [0.1, 0.15) is 11.8 Å². The number of rotatable bonds is 3. The molecule has 1 heterocycles. The number of carbonyl (C=O) groups is 1. The van der Waals surface area contributed by atoms with Gasteiger partial charge in [-0.1, -0.05) is 6.07 Å². The van der Waals surface area contributed by atoms with Gasteiger partial charge in [0.25, 0.3) is 0 Å². The summed E-state index contributed by atoms with van der Waals surface area (Å²) in [6.45, 7) is 4.27. The number of aromatic hydroxyl groups is 1. The molecule has 2 rings (SSSR count). The molecule has 0 aliphatic carbocycles. The van der Waals surface area contributed by atoms with Gasteiger partial charge in [-0.25, -0.2) is 0 Å². The van der Waals surface area contributed by atoms with E-state index in [9.17, 15) is 15.0 Å². The van der Waals surface area contributed by atoms with Crippen LogP contribution in [0.4, 0.5) is 0 Å². The molecule has 1 aromatic carbocycles. The van der Waals surface area contributed by atoms with E-state index in [0.717, 1.165) is 13.1 Å². The summed E-state index contributed by atoms with van der Waals surface area (Å²) in [5.41, 5.74) is 0.672. The predicted octanol–water partition coefficient (Wildman–Crippen LogP) is 1.57. The Kier molecular flexibility index (Phi) is 4.44. The molecule has 19 heavy (non-hydrogen) atoms. The minimum Gasteiger partial charge on any atom is -0.507 e. The Bertz CT molecular complexity index is 481. The van der Waals surface area contributed by atoms with E-state index >= 15 is 0 Å². The zero-order valence-corrected chi connectivity index (χ0v) is 12.2. The van der Waals surface area contributed by atoms with Gasteiger partial charge in [0.2, 0.25) is 0 Å². The van der Waals surface area contributed by atoms with Crippen molar-refractivity contribution in [3.05, 3.63) is 28.2 Å². The van der Waals surface area contributed by atoms with E-state index in [-0.39, 0.29) is 11.8 Å². The van der Waals surface area contributed by atoms with Gasteiger partial charge in [0.15, 0.2) is 0 Å². The third kappa shape index (κ3) is 3.08. The minimum atomic E-state index is -0.869. The Morgan fingerprint density at radius 2 is 2.32 bits per heavy atom. The highest BCUT2D eigenvalue weighted by Gasteiger charge is 2.32. The number of piperazine rings is 1. The van der Waals surface area contributed by atoms with E-state index in [1.54, 1.807) is 12.1 Å². The van der Waals surface area contributed by atoms with Crippen LogP contribution in [0.25, 0.3) is 0 Å². The van der Waals surface area contributed by atoms with Crippen molar-refractivity contribution in [2.45, 2.75) is 19.0 Å². The summed E-state index contributed by atoms with van der Waals surface area (Å²) in [4.78, 5) is 13.6. The highest BCUT2D eigenvalue weighted by molar-refractivity contribution is 9.10. The van der Waals surface area contributed by atoms with Crippen LogP contribution in [0.2, 0.25) is 0 Å². The molecule has 0 amide bonds. The SMILES string of the molecule is CC1CNCCN1C(C(=O)O)c1ccc(O)c(Br)c1. The van der Waals surface area contributed by atoms with Crippen molar-refractivity contribution in [2.24, 2.45) is 0 Å². The molecule has 1 aliphatic heterocycles. The normalized spacial score (nSPS) is 22.1. The highest BCUT2D eigenvalue weighted by Crippen LogP contribution is 2.30. The van der Waals surface area contributed by atoms with Crippen molar-refractivity contribution in [1.29, 1.82) is 0 Å². The van der Waals surface area contributed by atoms with Crippen LogP contribution < -0.4 is 5.32 Å². The quantitative estimate of drug-likeness (QED) is 0.785. The van der Waals surface area contributed by atoms with E-state index in [1.807, 2.05) is 11.8 Å². The van der Waals surface area contributed by atoms with Crippen LogP contribution in [-0.2, 0) is 4.79 Å². The molecule has 104 valence electrons. The van der Waals surface area contributed by atoms with Crippen LogP contribution in [0.15, 0.2) is 22.7 Å². The average molecular weight is 329 g/mol. The zero-order valence-electron chi connectivity index (χ0n) is 10.6. The van der Waals surface area contributed by atoms with E-state index in [1.165, 1.54) is 6.07 Å². The second kappa shape index (κ2) is 5.90. The van der Waals surface area contributed by atoms with Crippen molar-refractivity contribution in [3.63, 3.8) is 0 Å². The maximum atomic E-state index is 11.6. The predicted molar refractivity (Wildman–Crippen MR) is 75.2 cm³/mol. The molecule has 0 spiro atoms. The number of nitrogens with one attached hydrogen (secondary N) is 1. The molecule has 0 radical (unpaired) electrons. The first-order valence-electron chi connectivity index (χ1n) is 6.18. The Morgan fingerprint density at radius 3 is 2.89 bits per heavy atom. The standard InChI is InChI=1S/C13H17BrN2O3/c1-8-7-15-4-5-16(8)12(13(18)19)9-2-3-11(17)10(14)6-9/h2-3,6,8,12,15,17H,4-5,7H2,1H3,(H,18,19). The maximum Gasteiger partial charge on any atom is 0.325 e. The summed E-state index contributed by atoms with van der Waals surface area (Å²) >= 11 is 3.23. The van der Waals surface area contributed by atoms with Crippen molar-refractivity contribution in [2.75, 3.05) is 19.6 Å². The largest absolute Gasteiger partial charge is 0.507 e. The molecule has 0 saturated carbocycles. The zero-order chi connectivity index (χ0) is 14.0. The monoisotopic (exact) mass is 328 g/mol. The van der Waals surface area contributed by atoms with Crippen molar-refractivity contribution >= 4 is 21.9 Å². The van der Waals surface area contributed by atoms with Gasteiger partial charge in [-0.05, 0) is 40.5 Å². The fraction of sp³-hybridized carbons (Fsp3) is 0.462. The number of aliphatic carboxylic acids is 1. The molecule has 1 fully saturated rings. The molecular weight excluding hydrogens is 312 g/mol. The van der Waals surface area contributed by atoms with Crippen LogP contribution in [0.3, 0.4) is 0 Å². The molecule has 2 unspecified atom stereocenters. The minimum absolute atomic E-state index is 0.112. The lowest BCUT2D eigenvalue weighted by Crippen LogP contribution is -2.52. The average Bonchev–Trinajstić information content (AvgIpc) is 2.36. The highest BCUT2D eigenvalue weighted by atomic mass is 79.9. The lowest BCUT2D eigenvalue weighted by atomic mass is 10.0. The molecule has 2 atom stereocenters. The molecule has 1 saturated heterocycles. The van der Waals surface area contributed by atoms with Crippen LogP contribution >= 0.6 is 15.9 Å². The van der Waals surface area contributed by atoms with Gasteiger partial charge in [-0.15, -0.1) is 0 Å². The van der Waals surface area contributed by atoms with Gasteiger partial charge >= 0.3 is 5.97 Å². The van der Waals surface area contributed by atoms with Crippen LogP contribution in [-0.4, -0.2) is 46.8 Å². The van der Waals surface area contributed by atoms with Crippen LogP contribution in [0, 0.1) is 0 Å². The van der Waals surface area contributed by atoms with E-state index in [0.29, 0.717) is 16.6 Å². The molecule has 1 aliphatic rings. The van der Waals surface area contributed by atoms with Gasteiger partial charge in [-0.3, -0.25) is 9.69 Å². The van der Waals surface area contributed by atoms with Crippen molar-refractivity contribution in [3.8, 4) is 5.75 Å². The molecule has 0 bridgehead atoms. The summed E-state index contributed by atoms with van der Waals surface area (Å²) < 4.78 is 0.513. The molecule has 0 aromatic heterocycles. The maximum absolute atomic E-state index is 11.6. The summed E-state index contributed by atoms with van der Waals surface area (Å²) in [5, 5.41) is 22.3. The fourth-order valence-corrected chi connectivity index (χ4v) is 2.81. The Labute approximate surface area is 120 Å². The number of hydrogen-bond acceptors (Lipinski definition) is 4. The van der Waals surface area contributed by atoms with Gasteiger partial charge in [0, 0.05) is 25.7 Å². The van der Waals surface area contributed by atoms with E-state index in [4.69, 9.17) is 0 Å². The molecule has 6 heteroatoms. The molecule has 5 nitrogen and oxygen atoms in total. The van der Waals surface area contributed by atoms with Crippen LogP contribution in [0.1, 0.15) is 18.5 Å². The van der Waals surface area contributed by atoms with E-state index < -0.39 is 12.0 Å². The van der Waals surface area contributed by atoms with Crippen molar-refractivity contribution < 1.29 is 15.0 Å². The lowest BCUT2D eigenvalue weighted by Gasteiger charge is -2.38.